The van der Waals surface area contributed by atoms with Crippen molar-refractivity contribution >= 4 is 29.0 Å². The minimum atomic E-state index is 0.452. The molecule has 4 rings (SSSR count). The third-order valence-corrected chi connectivity index (χ3v) is 3.81. The highest BCUT2D eigenvalue weighted by Gasteiger charge is 2.25. The van der Waals surface area contributed by atoms with E-state index in [0.717, 1.165) is 12.1 Å². The van der Waals surface area contributed by atoms with E-state index >= 15 is 0 Å². The summed E-state index contributed by atoms with van der Waals surface area (Å²) in [6.45, 7) is 0.675. The van der Waals surface area contributed by atoms with Gasteiger partial charge in [-0.3, -0.25) is 5.10 Å². The normalized spacial score (nSPS) is 17.5. The Morgan fingerprint density at radius 2 is 2.29 bits per heavy atom. The third-order valence-electron chi connectivity index (χ3n) is 3.53. The van der Waals surface area contributed by atoms with E-state index in [1.54, 1.807) is 6.20 Å². The summed E-state index contributed by atoms with van der Waals surface area (Å²) in [6, 6.07) is 2.00. The van der Waals surface area contributed by atoms with Gasteiger partial charge < -0.3 is 10.1 Å². The summed E-state index contributed by atoms with van der Waals surface area (Å²) >= 11 is 6.15. The number of anilines is 2. The Bertz CT molecular complexity index is 707. The lowest BCUT2D eigenvalue weighted by molar-refractivity contribution is 0.305. The van der Waals surface area contributed by atoms with Gasteiger partial charge in [0.25, 0.3) is 0 Å². The Morgan fingerprint density at radius 1 is 1.38 bits per heavy atom. The molecule has 7 heteroatoms. The molecule has 1 aliphatic heterocycles. The van der Waals surface area contributed by atoms with Crippen molar-refractivity contribution in [1.82, 2.24) is 20.2 Å². The van der Waals surface area contributed by atoms with Crippen molar-refractivity contribution in [3.63, 3.8) is 0 Å². The number of H-pyrrole nitrogens is 1. The van der Waals surface area contributed by atoms with Gasteiger partial charge in [-0.15, -0.1) is 0 Å². The molecule has 0 radical (unpaired) electrons. The standard InChI is InChI=1S/C14H14ClN5O/c15-9-7-16-14(11-2-1-5-21-11)18-13(9)17-12-6-10(19-20-12)8-3-4-8/h2,6-8H,1,3-5H2,(H2,16,17,18,19,20). The Kier molecular flexibility index (Phi) is 3.03. The van der Waals surface area contributed by atoms with Crippen LogP contribution in [0.2, 0.25) is 5.02 Å². The van der Waals surface area contributed by atoms with E-state index in [9.17, 15) is 0 Å². The van der Waals surface area contributed by atoms with Crippen molar-refractivity contribution in [3.8, 4) is 0 Å². The Morgan fingerprint density at radius 3 is 3.05 bits per heavy atom. The van der Waals surface area contributed by atoms with Crippen LogP contribution in [0, 0.1) is 0 Å². The summed E-state index contributed by atoms with van der Waals surface area (Å²) in [7, 11) is 0. The van der Waals surface area contributed by atoms with Crippen LogP contribution in [0.3, 0.4) is 0 Å². The molecular formula is C14H14ClN5O. The summed E-state index contributed by atoms with van der Waals surface area (Å²) in [5.41, 5.74) is 1.16. The molecule has 0 atom stereocenters. The highest BCUT2D eigenvalue weighted by Crippen LogP contribution is 2.39. The average molecular weight is 304 g/mol. The molecule has 2 aliphatic rings. The van der Waals surface area contributed by atoms with Crippen LogP contribution in [-0.2, 0) is 4.74 Å². The predicted molar refractivity (Wildman–Crippen MR) is 79.4 cm³/mol. The van der Waals surface area contributed by atoms with Crippen LogP contribution in [0.4, 0.5) is 11.6 Å². The van der Waals surface area contributed by atoms with E-state index in [2.05, 4.69) is 25.5 Å². The first-order chi connectivity index (χ1) is 10.3. The minimum absolute atomic E-state index is 0.452. The molecule has 2 aromatic rings. The van der Waals surface area contributed by atoms with Crippen molar-refractivity contribution < 1.29 is 4.74 Å². The van der Waals surface area contributed by atoms with Gasteiger partial charge in [0.2, 0.25) is 0 Å². The van der Waals surface area contributed by atoms with Gasteiger partial charge in [0, 0.05) is 24.1 Å². The lowest BCUT2D eigenvalue weighted by Crippen LogP contribution is -2.01. The molecule has 0 saturated heterocycles. The van der Waals surface area contributed by atoms with Gasteiger partial charge in [-0.05, 0) is 18.9 Å². The molecule has 6 nitrogen and oxygen atoms in total. The van der Waals surface area contributed by atoms with Gasteiger partial charge in [-0.2, -0.15) is 5.10 Å². The fourth-order valence-electron chi connectivity index (χ4n) is 2.27. The van der Waals surface area contributed by atoms with Crippen LogP contribution in [0.5, 0.6) is 0 Å². The first-order valence-corrected chi connectivity index (χ1v) is 7.35. The number of halogens is 1. The number of aromatic amines is 1. The van der Waals surface area contributed by atoms with E-state index in [4.69, 9.17) is 16.3 Å². The van der Waals surface area contributed by atoms with Crippen LogP contribution in [0.25, 0.3) is 5.76 Å². The van der Waals surface area contributed by atoms with Crippen molar-refractivity contribution in [1.29, 1.82) is 0 Å². The largest absolute Gasteiger partial charge is 0.490 e. The highest BCUT2D eigenvalue weighted by molar-refractivity contribution is 6.32. The molecule has 2 aromatic heterocycles. The molecule has 1 fully saturated rings. The molecular weight excluding hydrogens is 290 g/mol. The van der Waals surface area contributed by atoms with Crippen molar-refractivity contribution in [3.05, 3.63) is 34.9 Å². The maximum absolute atomic E-state index is 6.15. The monoisotopic (exact) mass is 303 g/mol. The van der Waals surface area contributed by atoms with Gasteiger partial charge >= 0.3 is 0 Å². The zero-order chi connectivity index (χ0) is 14.2. The molecule has 0 spiro atoms. The van der Waals surface area contributed by atoms with Gasteiger partial charge in [0.05, 0.1) is 12.8 Å². The molecule has 0 amide bonds. The number of hydrogen-bond acceptors (Lipinski definition) is 5. The van der Waals surface area contributed by atoms with Crippen LogP contribution >= 0.6 is 11.6 Å². The average Bonchev–Trinajstić information content (AvgIpc) is 3.01. The van der Waals surface area contributed by atoms with Crippen molar-refractivity contribution in [2.75, 3.05) is 11.9 Å². The summed E-state index contributed by atoms with van der Waals surface area (Å²) in [5, 5.41) is 10.9. The Balaban J connectivity index is 1.59. The van der Waals surface area contributed by atoms with E-state index in [1.165, 1.54) is 12.8 Å². The van der Waals surface area contributed by atoms with Crippen molar-refractivity contribution in [2.45, 2.75) is 25.2 Å². The van der Waals surface area contributed by atoms with Crippen LogP contribution in [-0.4, -0.2) is 26.8 Å². The fourth-order valence-corrected chi connectivity index (χ4v) is 2.41. The Labute approximate surface area is 126 Å². The summed E-state index contributed by atoms with van der Waals surface area (Å²) in [5.74, 6) is 3.12. The maximum Gasteiger partial charge on any atom is 0.196 e. The van der Waals surface area contributed by atoms with Crippen LogP contribution < -0.4 is 5.32 Å². The van der Waals surface area contributed by atoms with Gasteiger partial charge in [-0.25, -0.2) is 9.97 Å². The third kappa shape index (κ3) is 2.58. The van der Waals surface area contributed by atoms with Crippen LogP contribution in [0.1, 0.15) is 36.7 Å². The van der Waals surface area contributed by atoms with E-state index in [0.29, 0.717) is 40.8 Å². The molecule has 1 aliphatic carbocycles. The highest BCUT2D eigenvalue weighted by atomic mass is 35.5. The zero-order valence-electron chi connectivity index (χ0n) is 11.3. The fraction of sp³-hybridized carbons (Fsp3) is 0.357. The van der Waals surface area contributed by atoms with E-state index < -0.39 is 0 Å². The summed E-state index contributed by atoms with van der Waals surface area (Å²) < 4.78 is 5.47. The lowest BCUT2D eigenvalue weighted by Gasteiger charge is -2.07. The molecule has 0 unspecified atom stereocenters. The summed E-state index contributed by atoms with van der Waals surface area (Å²) in [6.07, 6.45) is 6.89. The summed E-state index contributed by atoms with van der Waals surface area (Å²) in [4.78, 5) is 8.62. The number of nitrogens with one attached hydrogen (secondary N) is 2. The number of nitrogens with zero attached hydrogens (tertiary/aromatic N) is 3. The quantitative estimate of drug-likeness (QED) is 0.907. The van der Waals surface area contributed by atoms with E-state index in [1.807, 2.05) is 12.1 Å². The second-order valence-corrected chi connectivity index (χ2v) is 5.61. The zero-order valence-corrected chi connectivity index (χ0v) is 12.0. The van der Waals surface area contributed by atoms with Crippen molar-refractivity contribution in [2.24, 2.45) is 0 Å². The minimum Gasteiger partial charge on any atom is -0.490 e. The first kappa shape index (κ1) is 12.6. The van der Waals surface area contributed by atoms with Gasteiger partial charge in [-0.1, -0.05) is 11.6 Å². The second-order valence-electron chi connectivity index (χ2n) is 5.20. The molecule has 108 valence electrons. The predicted octanol–water partition coefficient (Wildman–Crippen LogP) is 3.24. The topological polar surface area (TPSA) is 75.7 Å². The maximum atomic E-state index is 6.15. The Hall–Kier alpha value is -2.08. The number of aromatic nitrogens is 4. The first-order valence-electron chi connectivity index (χ1n) is 6.98. The number of hydrogen-bond donors (Lipinski definition) is 2. The van der Waals surface area contributed by atoms with E-state index in [-0.39, 0.29) is 0 Å². The SMILES string of the molecule is Clc1cnc(C2=CCCO2)nc1Nc1cc(C2CC2)[nH]n1. The molecule has 1 saturated carbocycles. The molecule has 0 bridgehead atoms. The number of ether oxygens (including phenoxy) is 1. The van der Waals surface area contributed by atoms with Crippen LogP contribution in [0.15, 0.2) is 18.3 Å². The lowest BCUT2D eigenvalue weighted by atomic mass is 10.3. The van der Waals surface area contributed by atoms with Gasteiger partial charge in [0.1, 0.15) is 5.02 Å². The smallest absolute Gasteiger partial charge is 0.196 e. The molecule has 0 aromatic carbocycles. The molecule has 2 N–H and O–H groups in total. The molecule has 3 heterocycles. The number of rotatable bonds is 4. The molecule has 21 heavy (non-hydrogen) atoms. The van der Waals surface area contributed by atoms with Gasteiger partial charge in [0.15, 0.2) is 23.2 Å². The second kappa shape index (κ2) is 5.04.